The van der Waals surface area contributed by atoms with E-state index in [0.717, 1.165) is 38.8 Å². The number of rotatable bonds is 3. The van der Waals surface area contributed by atoms with E-state index in [4.69, 9.17) is 5.73 Å². The molecule has 2 aliphatic rings. The minimum Gasteiger partial charge on any atom is -0.351 e. The number of urea groups is 1. The normalized spacial score (nSPS) is 20.9. The third-order valence-corrected chi connectivity index (χ3v) is 3.98. The average molecular weight is 282 g/mol. The van der Waals surface area contributed by atoms with Crippen LogP contribution < -0.4 is 11.1 Å². The van der Waals surface area contributed by atoms with Crippen molar-refractivity contribution in [2.45, 2.75) is 25.7 Å². The van der Waals surface area contributed by atoms with Gasteiger partial charge in [0.2, 0.25) is 11.8 Å². The zero-order chi connectivity index (χ0) is 14.5. The summed E-state index contributed by atoms with van der Waals surface area (Å²) in [4.78, 5) is 38.1. The Kier molecular flexibility index (Phi) is 4.94. The van der Waals surface area contributed by atoms with Crippen molar-refractivity contribution in [3.05, 3.63) is 0 Å². The predicted molar refractivity (Wildman–Crippen MR) is 72.7 cm³/mol. The van der Waals surface area contributed by atoms with Crippen LogP contribution in [0.15, 0.2) is 0 Å². The number of hydrogen-bond donors (Lipinski definition) is 2. The van der Waals surface area contributed by atoms with Crippen LogP contribution in [-0.2, 0) is 9.59 Å². The van der Waals surface area contributed by atoms with Crippen LogP contribution in [0.4, 0.5) is 4.79 Å². The van der Waals surface area contributed by atoms with Crippen molar-refractivity contribution >= 4 is 17.8 Å². The smallest absolute Gasteiger partial charge is 0.318 e. The van der Waals surface area contributed by atoms with E-state index >= 15 is 0 Å². The molecule has 0 aromatic carbocycles. The highest BCUT2D eigenvalue weighted by Gasteiger charge is 2.30. The SMILES string of the molecule is NC(=O)NC(=O)CN1CCC(C(=O)N2CCCC2)CC1. The lowest BCUT2D eigenvalue weighted by molar-refractivity contribution is -0.136. The van der Waals surface area contributed by atoms with Crippen LogP contribution >= 0.6 is 0 Å². The zero-order valence-electron chi connectivity index (χ0n) is 11.6. The number of carbonyl (C=O) groups is 3. The number of imide groups is 1. The second-order valence-corrected chi connectivity index (χ2v) is 5.50. The van der Waals surface area contributed by atoms with Crippen molar-refractivity contribution in [2.24, 2.45) is 11.7 Å². The first kappa shape index (κ1) is 14.8. The van der Waals surface area contributed by atoms with Gasteiger partial charge in [-0.05, 0) is 38.8 Å². The predicted octanol–water partition coefficient (Wildman–Crippen LogP) is -0.484. The molecule has 0 bridgehead atoms. The number of primary amides is 1. The standard InChI is InChI=1S/C13H22N4O3/c14-13(20)15-11(18)9-16-7-3-10(4-8-16)12(19)17-5-1-2-6-17/h10H,1-9H2,(H3,14,15,18,20). The first-order valence-electron chi connectivity index (χ1n) is 7.16. The van der Waals surface area contributed by atoms with Gasteiger partial charge in [-0.15, -0.1) is 0 Å². The van der Waals surface area contributed by atoms with E-state index in [9.17, 15) is 14.4 Å². The van der Waals surface area contributed by atoms with E-state index in [2.05, 4.69) is 5.32 Å². The van der Waals surface area contributed by atoms with E-state index in [1.807, 2.05) is 9.80 Å². The van der Waals surface area contributed by atoms with Crippen LogP contribution in [0.1, 0.15) is 25.7 Å². The molecule has 0 aromatic rings. The summed E-state index contributed by atoms with van der Waals surface area (Å²) in [6.07, 6.45) is 3.77. The highest BCUT2D eigenvalue weighted by Crippen LogP contribution is 2.21. The maximum Gasteiger partial charge on any atom is 0.318 e. The fourth-order valence-corrected chi connectivity index (χ4v) is 2.91. The van der Waals surface area contributed by atoms with Crippen molar-refractivity contribution in [1.29, 1.82) is 0 Å². The van der Waals surface area contributed by atoms with Crippen molar-refractivity contribution in [1.82, 2.24) is 15.1 Å². The molecule has 20 heavy (non-hydrogen) atoms. The molecule has 0 unspecified atom stereocenters. The molecule has 0 aliphatic carbocycles. The fourth-order valence-electron chi connectivity index (χ4n) is 2.91. The molecule has 0 saturated carbocycles. The van der Waals surface area contributed by atoms with Gasteiger partial charge in [0.05, 0.1) is 6.54 Å². The maximum absolute atomic E-state index is 12.2. The van der Waals surface area contributed by atoms with E-state index in [0.29, 0.717) is 13.1 Å². The van der Waals surface area contributed by atoms with Gasteiger partial charge in [-0.2, -0.15) is 0 Å². The molecular formula is C13H22N4O3. The molecule has 0 aromatic heterocycles. The Morgan fingerprint density at radius 3 is 2.20 bits per heavy atom. The number of piperidine rings is 1. The summed E-state index contributed by atoms with van der Waals surface area (Å²) in [7, 11) is 0. The third-order valence-electron chi connectivity index (χ3n) is 3.98. The summed E-state index contributed by atoms with van der Waals surface area (Å²) >= 11 is 0. The van der Waals surface area contributed by atoms with Crippen molar-refractivity contribution < 1.29 is 14.4 Å². The van der Waals surface area contributed by atoms with E-state index in [-0.39, 0.29) is 24.3 Å². The van der Waals surface area contributed by atoms with Crippen LogP contribution in [0, 0.1) is 5.92 Å². The van der Waals surface area contributed by atoms with E-state index in [1.165, 1.54) is 0 Å². The number of nitrogens with two attached hydrogens (primary N) is 1. The van der Waals surface area contributed by atoms with Crippen molar-refractivity contribution in [3.63, 3.8) is 0 Å². The lowest BCUT2D eigenvalue weighted by Gasteiger charge is -2.32. The van der Waals surface area contributed by atoms with Gasteiger partial charge in [-0.3, -0.25) is 19.8 Å². The second-order valence-electron chi connectivity index (χ2n) is 5.50. The highest BCUT2D eigenvalue weighted by molar-refractivity contribution is 5.94. The average Bonchev–Trinajstić information content (AvgIpc) is 2.91. The largest absolute Gasteiger partial charge is 0.351 e. The van der Waals surface area contributed by atoms with Gasteiger partial charge in [-0.25, -0.2) is 4.79 Å². The quantitative estimate of drug-likeness (QED) is 0.730. The van der Waals surface area contributed by atoms with Gasteiger partial charge in [0.15, 0.2) is 0 Å². The highest BCUT2D eigenvalue weighted by atomic mass is 16.2. The van der Waals surface area contributed by atoms with Crippen LogP contribution in [-0.4, -0.2) is 60.4 Å². The minimum atomic E-state index is -0.825. The van der Waals surface area contributed by atoms with Crippen LogP contribution in [0.2, 0.25) is 0 Å². The lowest BCUT2D eigenvalue weighted by Crippen LogP contribution is -2.46. The van der Waals surface area contributed by atoms with Crippen molar-refractivity contribution in [3.8, 4) is 0 Å². The lowest BCUT2D eigenvalue weighted by atomic mass is 9.95. The summed E-state index contributed by atoms with van der Waals surface area (Å²) in [5.74, 6) is -0.0332. The molecule has 7 nitrogen and oxygen atoms in total. The Balaban J connectivity index is 1.73. The minimum absolute atomic E-state index is 0.0866. The number of amides is 4. The zero-order valence-corrected chi connectivity index (χ0v) is 11.6. The molecule has 3 N–H and O–H groups in total. The molecule has 2 saturated heterocycles. The van der Waals surface area contributed by atoms with Crippen LogP contribution in [0.25, 0.3) is 0 Å². The number of likely N-dealkylation sites (tertiary alicyclic amines) is 2. The number of nitrogens with one attached hydrogen (secondary N) is 1. The Labute approximate surface area is 118 Å². The molecule has 2 aliphatic heterocycles. The van der Waals surface area contributed by atoms with Gasteiger partial charge < -0.3 is 10.6 Å². The second kappa shape index (κ2) is 6.69. The van der Waals surface area contributed by atoms with Gasteiger partial charge in [0.25, 0.3) is 0 Å². The van der Waals surface area contributed by atoms with E-state index in [1.54, 1.807) is 0 Å². The summed E-state index contributed by atoms with van der Waals surface area (Å²) in [5, 5.41) is 2.05. The molecule has 0 atom stereocenters. The molecule has 112 valence electrons. The summed E-state index contributed by atoms with van der Waals surface area (Å²) < 4.78 is 0. The molecule has 4 amide bonds. The Morgan fingerprint density at radius 1 is 1.05 bits per heavy atom. The number of carbonyl (C=O) groups excluding carboxylic acids is 3. The van der Waals surface area contributed by atoms with E-state index < -0.39 is 6.03 Å². The van der Waals surface area contributed by atoms with Gasteiger partial charge in [-0.1, -0.05) is 0 Å². The molecule has 0 radical (unpaired) electrons. The molecule has 0 spiro atoms. The monoisotopic (exact) mass is 282 g/mol. The van der Waals surface area contributed by atoms with Gasteiger partial charge >= 0.3 is 6.03 Å². The van der Waals surface area contributed by atoms with Crippen molar-refractivity contribution in [2.75, 3.05) is 32.7 Å². The van der Waals surface area contributed by atoms with Gasteiger partial charge in [0.1, 0.15) is 0 Å². The first-order chi connectivity index (χ1) is 9.56. The first-order valence-corrected chi connectivity index (χ1v) is 7.16. The Morgan fingerprint density at radius 2 is 1.65 bits per heavy atom. The Hall–Kier alpha value is -1.63. The fraction of sp³-hybridized carbons (Fsp3) is 0.769. The molecular weight excluding hydrogens is 260 g/mol. The summed E-state index contributed by atoms with van der Waals surface area (Å²) in [5.41, 5.74) is 4.89. The van der Waals surface area contributed by atoms with Gasteiger partial charge in [0, 0.05) is 19.0 Å². The maximum atomic E-state index is 12.2. The number of hydrogen-bond acceptors (Lipinski definition) is 4. The third kappa shape index (κ3) is 3.93. The summed E-state index contributed by atoms with van der Waals surface area (Å²) in [6.45, 7) is 3.35. The number of nitrogens with zero attached hydrogens (tertiary/aromatic N) is 2. The summed E-state index contributed by atoms with van der Waals surface area (Å²) in [6, 6.07) is -0.825. The molecule has 2 rings (SSSR count). The van der Waals surface area contributed by atoms with Crippen LogP contribution in [0.5, 0.6) is 0 Å². The topological polar surface area (TPSA) is 95.7 Å². The molecule has 7 heteroatoms. The molecule has 2 heterocycles. The van der Waals surface area contributed by atoms with Crippen LogP contribution in [0.3, 0.4) is 0 Å². The Bertz CT molecular complexity index is 385. The molecule has 2 fully saturated rings.